The monoisotopic (exact) mass is 268 g/mol. The van der Waals surface area contributed by atoms with Gasteiger partial charge in [-0.2, -0.15) is 0 Å². The van der Waals surface area contributed by atoms with Crippen molar-refractivity contribution in [1.29, 1.82) is 0 Å². The first-order chi connectivity index (χ1) is 8.72. The summed E-state index contributed by atoms with van der Waals surface area (Å²) in [5.74, 6) is -0.333. The van der Waals surface area contributed by atoms with E-state index >= 15 is 0 Å². The highest BCUT2D eigenvalue weighted by molar-refractivity contribution is 7.12. The van der Waals surface area contributed by atoms with Crippen LogP contribution in [0.5, 0.6) is 0 Å². The van der Waals surface area contributed by atoms with Gasteiger partial charge in [-0.05, 0) is 24.1 Å². The second kappa shape index (κ2) is 7.71. The highest BCUT2D eigenvalue weighted by Crippen LogP contribution is 2.24. The van der Waals surface area contributed by atoms with E-state index in [1.807, 2.05) is 12.1 Å². The summed E-state index contributed by atoms with van der Waals surface area (Å²) in [6.45, 7) is 2.80. The molecule has 1 aromatic heterocycles. The van der Waals surface area contributed by atoms with Crippen LogP contribution in [0.25, 0.3) is 10.4 Å². The maximum absolute atomic E-state index is 11.7. The fourth-order valence-electron chi connectivity index (χ4n) is 1.46. The van der Waals surface area contributed by atoms with Gasteiger partial charge in [0.1, 0.15) is 6.04 Å². The number of azide groups is 1. The zero-order valence-corrected chi connectivity index (χ0v) is 11.2. The number of nitrogens with zero attached hydrogens (tertiary/aromatic N) is 3. The van der Waals surface area contributed by atoms with E-state index in [9.17, 15) is 4.79 Å². The summed E-state index contributed by atoms with van der Waals surface area (Å²) in [6, 6.07) is 3.44. The minimum Gasteiger partial charge on any atom is -0.468 e. The van der Waals surface area contributed by atoms with Crippen LogP contribution in [0.15, 0.2) is 17.2 Å². The minimum atomic E-state index is -0.491. The number of hydrogen-bond acceptors (Lipinski definition) is 5. The first-order valence-electron chi connectivity index (χ1n) is 5.63. The number of nitrogens with one attached hydrogen (secondary N) is 1. The summed E-state index contributed by atoms with van der Waals surface area (Å²) in [6.07, 6.45) is 0.942. The normalized spacial score (nSPS) is 11.7. The molecular weight excluding hydrogens is 252 g/mol. The number of aryl methyl sites for hydroxylation is 1. The molecule has 1 unspecified atom stereocenters. The number of methoxy groups -OCH3 is 1. The maximum Gasteiger partial charge on any atom is 0.328 e. The molecule has 7 heteroatoms. The van der Waals surface area contributed by atoms with E-state index in [0.29, 0.717) is 13.1 Å². The molecule has 1 aromatic rings. The van der Waals surface area contributed by atoms with Gasteiger partial charge in [-0.25, -0.2) is 4.79 Å². The van der Waals surface area contributed by atoms with Gasteiger partial charge in [0.2, 0.25) is 0 Å². The first kappa shape index (κ1) is 14.5. The topological polar surface area (TPSA) is 87.1 Å². The van der Waals surface area contributed by atoms with Crippen LogP contribution in [0.2, 0.25) is 0 Å². The standard InChI is InChI=1S/C11H16N4O2S/c1-3-8-4-5-9(18-8)10(11(16)17-2)13-6-7-14-15-12/h4-5,10,13H,3,6-7H2,1-2H3. The fourth-order valence-corrected chi connectivity index (χ4v) is 2.48. The van der Waals surface area contributed by atoms with E-state index in [1.54, 1.807) is 11.3 Å². The third kappa shape index (κ3) is 4.03. The second-order valence-electron chi connectivity index (χ2n) is 3.52. The minimum absolute atomic E-state index is 0.302. The fraction of sp³-hybridized carbons (Fsp3) is 0.545. The molecule has 0 fully saturated rings. The van der Waals surface area contributed by atoms with E-state index in [1.165, 1.54) is 12.0 Å². The molecule has 1 atom stereocenters. The Morgan fingerprint density at radius 1 is 1.67 bits per heavy atom. The largest absolute Gasteiger partial charge is 0.468 e. The lowest BCUT2D eigenvalue weighted by Crippen LogP contribution is -2.30. The highest BCUT2D eigenvalue weighted by Gasteiger charge is 2.22. The van der Waals surface area contributed by atoms with Crippen molar-refractivity contribution in [3.63, 3.8) is 0 Å². The van der Waals surface area contributed by atoms with Crippen LogP contribution in [0, 0.1) is 0 Å². The molecule has 0 spiro atoms. The molecule has 0 radical (unpaired) electrons. The Morgan fingerprint density at radius 3 is 3.00 bits per heavy atom. The molecule has 6 nitrogen and oxygen atoms in total. The number of hydrogen-bond donors (Lipinski definition) is 1. The Morgan fingerprint density at radius 2 is 2.44 bits per heavy atom. The number of carbonyl (C=O) groups is 1. The Hall–Kier alpha value is -1.56. The Balaban J connectivity index is 2.71. The molecule has 0 aliphatic rings. The van der Waals surface area contributed by atoms with Crippen LogP contribution in [0.3, 0.4) is 0 Å². The van der Waals surface area contributed by atoms with Gasteiger partial charge in [-0.3, -0.25) is 5.32 Å². The van der Waals surface area contributed by atoms with Crippen molar-refractivity contribution in [2.45, 2.75) is 19.4 Å². The van der Waals surface area contributed by atoms with Crippen LogP contribution < -0.4 is 5.32 Å². The van der Waals surface area contributed by atoms with Gasteiger partial charge in [0.15, 0.2) is 0 Å². The van der Waals surface area contributed by atoms with Crippen molar-refractivity contribution in [3.8, 4) is 0 Å². The first-order valence-corrected chi connectivity index (χ1v) is 6.45. The van der Waals surface area contributed by atoms with E-state index in [2.05, 4.69) is 22.3 Å². The molecule has 0 amide bonds. The van der Waals surface area contributed by atoms with Gasteiger partial charge in [0.05, 0.1) is 7.11 Å². The number of esters is 1. The third-order valence-corrected chi connectivity index (χ3v) is 3.67. The molecule has 18 heavy (non-hydrogen) atoms. The van der Waals surface area contributed by atoms with Crippen molar-refractivity contribution in [2.24, 2.45) is 5.11 Å². The summed E-state index contributed by atoms with van der Waals surface area (Å²) in [7, 11) is 1.36. The van der Waals surface area contributed by atoms with Crippen LogP contribution in [-0.2, 0) is 16.0 Å². The number of ether oxygens (including phenoxy) is 1. The quantitative estimate of drug-likeness (QED) is 0.271. The molecule has 0 saturated heterocycles. The van der Waals surface area contributed by atoms with Gasteiger partial charge < -0.3 is 4.74 Å². The summed E-state index contributed by atoms with van der Waals surface area (Å²) >= 11 is 1.58. The van der Waals surface area contributed by atoms with Crippen LogP contribution in [0.4, 0.5) is 0 Å². The SMILES string of the molecule is CCc1ccc(C(NCCN=[N+]=[N-])C(=O)OC)s1. The molecule has 0 saturated carbocycles. The average molecular weight is 268 g/mol. The van der Waals surface area contributed by atoms with Gasteiger partial charge in [0.25, 0.3) is 0 Å². The summed E-state index contributed by atoms with van der Waals surface area (Å²) < 4.78 is 4.77. The lowest BCUT2D eigenvalue weighted by Gasteiger charge is -2.14. The van der Waals surface area contributed by atoms with Crippen molar-refractivity contribution in [2.75, 3.05) is 20.2 Å². The van der Waals surface area contributed by atoms with Crippen LogP contribution in [0.1, 0.15) is 22.7 Å². The predicted molar refractivity (Wildman–Crippen MR) is 70.5 cm³/mol. The Labute approximate surface area is 110 Å². The molecule has 0 aliphatic heterocycles. The Kier molecular flexibility index (Phi) is 6.21. The van der Waals surface area contributed by atoms with E-state index in [-0.39, 0.29) is 5.97 Å². The van der Waals surface area contributed by atoms with Gasteiger partial charge in [-0.1, -0.05) is 12.0 Å². The molecular formula is C11H16N4O2S. The van der Waals surface area contributed by atoms with Gasteiger partial charge >= 0.3 is 5.97 Å². The third-order valence-electron chi connectivity index (χ3n) is 2.38. The predicted octanol–water partition coefficient (Wildman–Crippen LogP) is 2.42. The number of thiophene rings is 1. The molecule has 0 bridgehead atoms. The van der Waals surface area contributed by atoms with Crippen molar-refractivity contribution < 1.29 is 9.53 Å². The second-order valence-corrected chi connectivity index (χ2v) is 4.72. The summed E-state index contributed by atoms with van der Waals surface area (Å²) in [5.41, 5.74) is 8.18. The van der Waals surface area contributed by atoms with Gasteiger partial charge in [-0.15, -0.1) is 11.3 Å². The van der Waals surface area contributed by atoms with Crippen molar-refractivity contribution >= 4 is 17.3 Å². The highest BCUT2D eigenvalue weighted by atomic mass is 32.1. The zero-order valence-electron chi connectivity index (χ0n) is 10.4. The van der Waals surface area contributed by atoms with E-state index < -0.39 is 6.04 Å². The van der Waals surface area contributed by atoms with Gasteiger partial charge in [0, 0.05) is 27.8 Å². The summed E-state index contributed by atoms with van der Waals surface area (Å²) in [5, 5.41) is 6.44. The molecule has 98 valence electrons. The number of rotatable bonds is 7. The molecule has 1 heterocycles. The molecule has 1 N–H and O–H groups in total. The lowest BCUT2D eigenvalue weighted by atomic mass is 10.2. The van der Waals surface area contributed by atoms with Crippen molar-refractivity contribution in [3.05, 3.63) is 32.3 Å². The van der Waals surface area contributed by atoms with Crippen LogP contribution in [-0.4, -0.2) is 26.2 Å². The van der Waals surface area contributed by atoms with Crippen molar-refractivity contribution in [1.82, 2.24) is 5.32 Å². The average Bonchev–Trinajstić information content (AvgIpc) is 2.86. The number of carbonyl (C=O) groups excluding carboxylic acids is 1. The smallest absolute Gasteiger partial charge is 0.328 e. The Bertz CT molecular complexity index is 440. The maximum atomic E-state index is 11.7. The van der Waals surface area contributed by atoms with E-state index in [4.69, 9.17) is 10.3 Å². The van der Waals surface area contributed by atoms with E-state index in [0.717, 1.165) is 11.3 Å². The summed E-state index contributed by atoms with van der Waals surface area (Å²) in [4.78, 5) is 16.5. The molecule has 0 aliphatic carbocycles. The molecule has 1 rings (SSSR count). The zero-order chi connectivity index (χ0) is 13.4. The van der Waals surface area contributed by atoms with Crippen LogP contribution >= 0.6 is 11.3 Å². The molecule has 0 aromatic carbocycles. The lowest BCUT2D eigenvalue weighted by molar-refractivity contribution is -0.143.